The maximum absolute atomic E-state index is 12.2. The molecule has 3 N–H and O–H groups in total. The molecule has 3 heterocycles. The number of nitrogens with zero attached hydrogens (tertiary/aromatic N) is 3. The Morgan fingerprint density at radius 2 is 2.33 bits per heavy atom. The Balaban J connectivity index is 2.00. The molecule has 0 aromatic carbocycles. The molecule has 9 heteroatoms. The largest absolute Gasteiger partial charge is 0.388 e. The van der Waals surface area contributed by atoms with Crippen LogP contribution in [0.25, 0.3) is 11.2 Å². The number of amides is 1. The van der Waals surface area contributed by atoms with Gasteiger partial charge in [0, 0.05) is 12.3 Å². The molecule has 1 aliphatic heterocycles. The Hall–Kier alpha value is -2.26. The molecule has 1 amide bonds. The van der Waals surface area contributed by atoms with E-state index in [1.807, 2.05) is 6.92 Å². The molecule has 0 spiro atoms. The van der Waals surface area contributed by atoms with E-state index in [2.05, 4.69) is 20.3 Å². The summed E-state index contributed by atoms with van der Waals surface area (Å²) in [5, 5.41) is 12.8. The van der Waals surface area contributed by atoms with Gasteiger partial charge in [-0.1, -0.05) is 20.8 Å². The molecule has 1 saturated heterocycles. The van der Waals surface area contributed by atoms with Crippen molar-refractivity contribution in [1.29, 1.82) is 0 Å². The zero-order chi connectivity index (χ0) is 17.4. The highest BCUT2D eigenvalue weighted by molar-refractivity contribution is 5.91. The fraction of sp³-hybridized carbons (Fsp3) is 0.600. The van der Waals surface area contributed by atoms with Gasteiger partial charge in [-0.15, -0.1) is 0 Å². The molecule has 3 atom stereocenters. The second kappa shape index (κ2) is 6.33. The average molecular weight is 335 g/mol. The number of imidazole rings is 1. The number of hydrogen-bond acceptors (Lipinski definition) is 6. The molecule has 130 valence electrons. The van der Waals surface area contributed by atoms with Crippen molar-refractivity contribution in [3.8, 4) is 0 Å². The lowest BCUT2D eigenvalue weighted by atomic mass is 10.1. The lowest BCUT2D eigenvalue weighted by molar-refractivity contribution is -0.118. The van der Waals surface area contributed by atoms with Crippen molar-refractivity contribution in [3.05, 3.63) is 16.7 Å². The molecular formula is C15H21N5O4. The first kappa shape index (κ1) is 16.6. The van der Waals surface area contributed by atoms with Gasteiger partial charge in [0.1, 0.15) is 6.10 Å². The molecule has 0 radical (unpaired) electrons. The van der Waals surface area contributed by atoms with Crippen LogP contribution in [-0.2, 0) is 9.53 Å². The number of carbonyl (C=O) groups excluding carboxylic acids is 1. The van der Waals surface area contributed by atoms with Crippen molar-refractivity contribution in [2.45, 2.75) is 52.0 Å². The number of anilines is 1. The van der Waals surface area contributed by atoms with Gasteiger partial charge in [0.05, 0.1) is 12.4 Å². The zero-order valence-electron chi connectivity index (χ0n) is 13.8. The highest BCUT2D eigenvalue weighted by Gasteiger charge is 2.35. The van der Waals surface area contributed by atoms with Crippen molar-refractivity contribution in [1.82, 2.24) is 19.5 Å². The maximum atomic E-state index is 12.2. The summed E-state index contributed by atoms with van der Waals surface area (Å²) in [6.07, 6.45) is 1.31. The van der Waals surface area contributed by atoms with Gasteiger partial charge in [0.25, 0.3) is 5.56 Å². The van der Waals surface area contributed by atoms with Crippen LogP contribution >= 0.6 is 0 Å². The van der Waals surface area contributed by atoms with E-state index in [0.717, 1.165) is 6.42 Å². The van der Waals surface area contributed by atoms with E-state index in [1.165, 1.54) is 10.9 Å². The summed E-state index contributed by atoms with van der Waals surface area (Å²) in [7, 11) is 0. The summed E-state index contributed by atoms with van der Waals surface area (Å²) < 4.78 is 7.35. The predicted octanol–water partition coefficient (Wildman–Crippen LogP) is 0.773. The molecule has 0 bridgehead atoms. The van der Waals surface area contributed by atoms with E-state index in [4.69, 9.17) is 4.74 Å². The average Bonchev–Trinajstić information content (AvgIpc) is 3.10. The second-order valence-electron chi connectivity index (χ2n) is 6.24. The fourth-order valence-electron chi connectivity index (χ4n) is 2.68. The summed E-state index contributed by atoms with van der Waals surface area (Å²) in [6.45, 7) is 5.46. The molecular weight excluding hydrogens is 314 g/mol. The summed E-state index contributed by atoms with van der Waals surface area (Å²) in [4.78, 5) is 34.8. The molecule has 24 heavy (non-hydrogen) atoms. The van der Waals surface area contributed by atoms with Crippen LogP contribution in [0.3, 0.4) is 0 Å². The fourth-order valence-corrected chi connectivity index (χ4v) is 2.68. The molecule has 0 aliphatic carbocycles. The third kappa shape index (κ3) is 2.92. The zero-order valence-corrected chi connectivity index (χ0v) is 13.8. The Bertz CT molecular complexity index is 812. The van der Waals surface area contributed by atoms with Gasteiger partial charge in [0.15, 0.2) is 17.4 Å². The van der Waals surface area contributed by atoms with Crippen LogP contribution in [-0.4, -0.2) is 42.7 Å². The Morgan fingerprint density at radius 3 is 2.96 bits per heavy atom. The van der Waals surface area contributed by atoms with Gasteiger partial charge in [-0.05, 0) is 6.42 Å². The van der Waals surface area contributed by atoms with E-state index in [-0.39, 0.29) is 35.0 Å². The van der Waals surface area contributed by atoms with Crippen LogP contribution in [0.2, 0.25) is 0 Å². The van der Waals surface area contributed by atoms with Crippen molar-refractivity contribution >= 4 is 23.0 Å². The van der Waals surface area contributed by atoms with E-state index in [0.29, 0.717) is 6.42 Å². The first-order valence-electron chi connectivity index (χ1n) is 8.02. The van der Waals surface area contributed by atoms with Crippen LogP contribution in [0, 0.1) is 5.92 Å². The minimum Gasteiger partial charge on any atom is -0.388 e. The summed E-state index contributed by atoms with van der Waals surface area (Å²) in [5.74, 6) is -0.458. The normalized spacial score (nSPS) is 24.0. The summed E-state index contributed by atoms with van der Waals surface area (Å²) >= 11 is 0. The summed E-state index contributed by atoms with van der Waals surface area (Å²) in [6, 6.07) is 0. The summed E-state index contributed by atoms with van der Waals surface area (Å²) in [5.41, 5.74) is -0.0655. The molecule has 3 rings (SSSR count). The predicted molar refractivity (Wildman–Crippen MR) is 86.4 cm³/mol. The van der Waals surface area contributed by atoms with Gasteiger partial charge in [-0.25, -0.2) is 4.98 Å². The number of fused-ring (bicyclic) bond motifs is 1. The lowest BCUT2D eigenvalue weighted by Gasteiger charge is -2.16. The Labute approximate surface area is 138 Å². The number of ether oxygens (including phenoxy) is 1. The SMILES string of the molecule is CC[C@@H]1C[C@H](O)[C@H](n2cnc3c(=O)[nH]c(NC(=O)C(C)C)nc32)O1. The lowest BCUT2D eigenvalue weighted by Crippen LogP contribution is -2.23. The molecule has 9 nitrogen and oxygen atoms in total. The van der Waals surface area contributed by atoms with E-state index < -0.39 is 17.9 Å². The number of aliphatic hydroxyl groups excluding tert-OH is 1. The van der Waals surface area contributed by atoms with Gasteiger partial charge >= 0.3 is 0 Å². The molecule has 0 saturated carbocycles. The number of carbonyl (C=O) groups is 1. The minimum atomic E-state index is -0.706. The molecule has 1 fully saturated rings. The van der Waals surface area contributed by atoms with Crippen molar-refractivity contribution < 1.29 is 14.6 Å². The monoisotopic (exact) mass is 335 g/mol. The smallest absolute Gasteiger partial charge is 0.280 e. The van der Waals surface area contributed by atoms with Gasteiger partial charge in [-0.2, -0.15) is 4.98 Å². The first-order valence-corrected chi connectivity index (χ1v) is 8.02. The second-order valence-corrected chi connectivity index (χ2v) is 6.24. The number of aliphatic hydroxyl groups is 1. The van der Waals surface area contributed by atoms with Crippen LogP contribution in [0.5, 0.6) is 0 Å². The van der Waals surface area contributed by atoms with Crippen molar-refractivity contribution in [3.63, 3.8) is 0 Å². The van der Waals surface area contributed by atoms with E-state index in [1.54, 1.807) is 13.8 Å². The van der Waals surface area contributed by atoms with Gasteiger partial charge in [-0.3, -0.25) is 24.5 Å². The number of aromatic amines is 1. The van der Waals surface area contributed by atoms with Crippen LogP contribution in [0.15, 0.2) is 11.1 Å². The Morgan fingerprint density at radius 1 is 1.58 bits per heavy atom. The van der Waals surface area contributed by atoms with E-state index >= 15 is 0 Å². The first-order chi connectivity index (χ1) is 11.4. The quantitative estimate of drug-likeness (QED) is 0.758. The molecule has 1 aliphatic rings. The molecule has 2 aromatic heterocycles. The third-order valence-electron chi connectivity index (χ3n) is 4.09. The molecule has 0 unspecified atom stereocenters. The van der Waals surface area contributed by atoms with Crippen LogP contribution < -0.4 is 10.9 Å². The van der Waals surface area contributed by atoms with Crippen LogP contribution in [0.1, 0.15) is 39.8 Å². The van der Waals surface area contributed by atoms with Gasteiger partial charge in [0.2, 0.25) is 11.9 Å². The number of H-pyrrole nitrogens is 1. The highest BCUT2D eigenvalue weighted by atomic mass is 16.5. The Kier molecular flexibility index (Phi) is 4.37. The van der Waals surface area contributed by atoms with E-state index in [9.17, 15) is 14.7 Å². The van der Waals surface area contributed by atoms with Crippen LogP contribution in [0.4, 0.5) is 5.95 Å². The van der Waals surface area contributed by atoms with Crippen molar-refractivity contribution in [2.75, 3.05) is 5.32 Å². The maximum Gasteiger partial charge on any atom is 0.280 e. The standard InChI is InChI=1S/C15H21N5O4/c1-4-8-5-9(21)14(24-8)20-6-16-10-11(20)17-15(19-13(10)23)18-12(22)7(2)3/h6-9,14,21H,4-5H2,1-3H3,(H2,17,18,19,22,23)/t8-,9+,14-/m1/s1. The number of rotatable bonds is 4. The third-order valence-corrected chi connectivity index (χ3v) is 4.09. The molecule has 2 aromatic rings. The highest BCUT2D eigenvalue weighted by Crippen LogP contribution is 2.31. The number of hydrogen-bond donors (Lipinski definition) is 3. The van der Waals surface area contributed by atoms with Gasteiger partial charge < -0.3 is 9.84 Å². The number of aromatic nitrogens is 4. The van der Waals surface area contributed by atoms with Crippen molar-refractivity contribution in [2.24, 2.45) is 5.92 Å². The minimum absolute atomic E-state index is 0.0486. The topological polar surface area (TPSA) is 122 Å². The number of nitrogens with one attached hydrogen (secondary N) is 2.